The molecular formula is C15H19N3O2. The van der Waals surface area contributed by atoms with Crippen molar-refractivity contribution in [1.29, 1.82) is 0 Å². The van der Waals surface area contributed by atoms with Crippen LogP contribution in [0.4, 0.5) is 0 Å². The van der Waals surface area contributed by atoms with E-state index in [9.17, 15) is 4.79 Å². The molecule has 0 bridgehead atoms. The third-order valence-electron chi connectivity index (χ3n) is 3.45. The zero-order valence-electron chi connectivity index (χ0n) is 12.1. The minimum absolute atomic E-state index is 0.143. The number of hydrogen-bond donors (Lipinski definition) is 1. The van der Waals surface area contributed by atoms with Crippen molar-refractivity contribution in [3.63, 3.8) is 0 Å². The SMILES string of the molecule is CC(C)(C)Cc1nc2cc(C(=O)O)cnc2n1C1CC1. The second kappa shape index (κ2) is 4.30. The van der Waals surface area contributed by atoms with Crippen LogP contribution < -0.4 is 0 Å². The summed E-state index contributed by atoms with van der Waals surface area (Å²) in [5.74, 6) is 0.0581. The summed E-state index contributed by atoms with van der Waals surface area (Å²) in [5, 5.41) is 9.05. The van der Waals surface area contributed by atoms with Crippen LogP contribution in [0.2, 0.25) is 0 Å². The van der Waals surface area contributed by atoms with Crippen molar-refractivity contribution in [3.8, 4) is 0 Å². The van der Waals surface area contributed by atoms with E-state index in [0.717, 1.165) is 30.7 Å². The molecule has 2 aromatic rings. The molecule has 0 radical (unpaired) electrons. The maximum absolute atomic E-state index is 11.0. The Hall–Kier alpha value is -1.91. The Morgan fingerprint density at radius 1 is 1.45 bits per heavy atom. The molecule has 106 valence electrons. The van der Waals surface area contributed by atoms with Gasteiger partial charge in [-0.25, -0.2) is 14.8 Å². The number of nitrogens with zero attached hydrogens (tertiary/aromatic N) is 3. The molecule has 1 aliphatic carbocycles. The fraction of sp³-hybridized carbons (Fsp3) is 0.533. The molecule has 3 rings (SSSR count). The maximum Gasteiger partial charge on any atom is 0.337 e. The summed E-state index contributed by atoms with van der Waals surface area (Å²) < 4.78 is 2.20. The summed E-state index contributed by atoms with van der Waals surface area (Å²) in [5.41, 5.74) is 1.84. The van der Waals surface area contributed by atoms with Gasteiger partial charge >= 0.3 is 5.97 Å². The van der Waals surface area contributed by atoms with Crippen molar-refractivity contribution in [2.75, 3.05) is 0 Å². The Labute approximate surface area is 117 Å². The van der Waals surface area contributed by atoms with E-state index < -0.39 is 5.97 Å². The Kier molecular flexibility index (Phi) is 2.81. The molecule has 0 saturated heterocycles. The summed E-state index contributed by atoms with van der Waals surface area (Å²) in [4.78, 5) is 20.0. The van der Waals surface area contributed by atoms with Crippen molar-refractivity contribution < 1.29 is 9.90 Å². The molecule has 2 heterocycles. The van der Waals surface area contributed by atoms with E-state index in [-0.39, 0.29) is 11.0 Å². The molecule has 0 unspecified atom stereocenters. The molecule has 2 aromatic heterocycles. The summed E-state index contributed by atoms with van der Waals surface area (Å²) in [6.45, 7) is 6.54. The lowest BCUT2D eigenvalue weighted by atomic mass is 9.92. The van der Waals surface area contributed by atoms with E-state index in [1.807, 2.05) is 0 Å². The van der Waals surface area contributed by atoms with Crippen LogP contribution in [0.15, 0.2) is 12.3 Å². The fourth-order valence-corrected chi connectivity index (χ4v) is 2.46. The quantitative estimate of drug-likeness (QED) is 0.933. The van der Waals surface area contributed by atoms with Crippen LogP contribution in [0.25, 0.3) is 11.2 Å². The molecule has 0 spiro atoms. The Bertz CT molecular complexity index is 678. The summed E-state index contributed by atoms with van der Waals surface area (Å²) in [6.07, 6.45) is 4.60. The lowest BCUT2D eigenvalue weighted by Gasteiger charge is -2.18. The standard InChI is InChI=1S/C15H19N3O2/c1-15(2,3)7-12-17-11-6-9(14(19)20)8-16-13(11)18(12)10-4-5-10/h6,8,10H,4-5,7H2,1-3H3,(H,19,20). The summed E-state index contributed by atoms with van der Waals surface area (Å²) in [6, 6.07) is 2.11. The van der Waals surface area contributed by atoms with Gasteiger partial charge in [-0.1, -0.05) is 20.8 Å². The molecule has 5 heteroatoms. The van der Waals surface area contributed by atoms with Crippen molar-refractivity contribution in [2.45, 2.75) is 46.1 Å². The highest BCUT2D eigenvalue weighted by Crippen LogP contribution is 2.39. The van der Waals surface area contributed by atoms with Crippen LogP contribution in [0.5, 0.6) is 0 Å². The monoisotopic (exact) mass is 273 g/mol. The average Bonchev–Trinajstić information content (AvgIpc) is 3.08. The summed E-state index contributed by atoms with van der Waals surface area (Å²) in [7, 11) is 0. The normalized spacial score (nSPS) is 15.8. The smallest absolute Gasteiger partial charge is 0.337 e. The number of carboxylic acids is 1. The minimum atomic E-state index is -0.960. The average molecular weight is 273 g/mol. The molecule has 0 atom stereocenters. The topological polar surface area (TPSA) is 68.0 Å². The molecule has 1 fully saturated rings. The van der Waals surface area contributed by atoms with Crippen molar-refractivity contribution >= 4 is 17.1 Å². The van der Waals surface area contributed by atoms with Gasteiger partial charge < -0.3 is 9.67 Å². The number of fused-ring (bicyclic) bond motifs is 1. The first kappa shape index (κ1) is 13.1. The Morgan fingerprint density at radius 3 is 2.70 bits per heavy atom. The van der Waals surface area contributed by atoms with Crippen LogP contribution in [-0.4, -0.2) is 25.6 Å². The third-order valence-corrected chi connectivity index (χ3v) is 3.45. The number of pyridine rings is 1. The van der Waals surface area contributed by atoms with Gasteiger partial charge in [-0.05, 0) is 24.3 Å². The van der Waals surface area contributed by atoms with Crippen LogP contribution in [0.3, 0.4) is 0 Å². The number of carbonyl (C=O) groups is 1. The second-order valence-electron chi connectivity index (χ2n) is 6.74. The van der Waals surface area contributed by atoms with Gasteiger partial charge in [-0.2, -0.15) is 0 Å². The third kappa shape index (κ3) is 2.40. The molecular weight excluding hydrogens is 254 g/mol. The van der Waals surface area contributed by atoms with E-state index in [2.05, 4.69) is 35.3 Å². The number of hydrogen-bond acceptors (Lipinski definition) is 3. The van der Waals surface area contributed by atoms with Gasteiger partial charge in [0.25, 0.3) is 0 Å². The minimum Gasteiger partial charge on any atom is -0.478 e. The van der Waals surface area contributed by atoms with Gasteiger partial charge in [0.05, 0.1) is 5.56 Å². The van der Waals surface area contributed by atoms with Crippen molar-refractivity contribution in [2.24, 2.45) is 5.41 Å². The molecule has 0 aromatic carbocycles. The van der Waals surface area contributed by atoms with E-state index >= 15 is 0 Å². The van der Waals surface area contributed by atoms with Gasteiger partial charge in [-0.15, -0.1) is 0 Å². The predicted octanol–water partition coefficient (Wildman–Crippen LogP) is 3.05. The first-order valence-corrected chi connectivity index (χ1v) is 6.95. The van der Waals surface area contributed by atoms with E-state index in [1.54, 1.807) is 6.07 Å². The first-order valence-electron chi connectivity index (χ1n) is 6.95. The molecule has 0 aliphatic heterocycles. The molecule has 20 heavy (non-hydrogen) atoms. The number of rotatable bonds is 3. The van der Waals surface area contributed by atoms with Crippen LogP contribution in [-0.2, 0) is 6.42 Å². The number of carboxylic acid groups (broad SMARTS) is 1. The number of aromatic carboxylic acids is 1. The molecule has 1 aliphatic rings. The Balaban J connectivity index is 2.13. The lowest BCUT2D eigenvalue weighted by molar-refractivity contribution is 0.0696. The predicted molar refractivity (Wildman–Crippen MR) is 75.9 cm³/mol. The van der Waals surface area contributed by atoms with E-state index in [0.29, 0.717) is 11.6 Å². The van der Waals surface area contributed by atoms with Gasteiger partial charge in [-0.3, -0.25) is 0 Å². The highest BCUT2D eigenvalue weighted by Gasteiger charge is 2.30. The maximum atomic E-state index is 11.0. The lowest BCUT2D eigenvalue weighted by Crippen LogP contribution is -2.14. The number of aromatic nitrogens is 3. The number of imidazole rings is 1. The van der Waals surface area contributed by atoms with Crippen LogP contribution in [0.1, 0.15) is 55.8 Å². The van der Waals surface area contributed by atoms with Gasteiger partial charge in [0.2, 0.25) is 0 Å². The van der Waals surface area contributed by atoms with Crippen molar-refractivity contribution in [3.05, 3.63) is 23.7 Å². The fourth-order valence-electron chi connectivity index (χ4n) is 2.46. The van der Waals surface area contributed by atoms with Crippen molar-refractivity contribution in [1.82, 2.24) is 14.5 Å². The molecule has 5 nitrogen and oxygen atoms in total. The molecule has 0 amide bonds. The summed E-state index contributed by atoms with van der Waals surface area (Å²) >= 11 is 0. The van der Waals surface area contributed by atoms with Crippen LogP contribution >= 0.6 is 0 Å². The highest BCUT2D eigenvalue weighted by atomic mass is 16.4. The van der Waals surface area contributed by atoms with Gasteiger partial charge in [0.15, 0.2) is 5.65 Å². The molecule has 1 saturated carbocycles. The largest absolute Gasteiger partial charge is 0.478 e. The van der Waals surface area contributed by atoms with E-state index in [4.69, 9.17) is 5.11 Å². The van der Waals surface area contributed by atoms with Gasteiger partial charge in [0.1, 0.15) is 11.3 Å². The first-order chi connectivity index (χ1) is 9.35. The van der Waals surface area contributed by atoms with Crippen LogP contribution in [0, 0.1) is 5.41 Å². The van der Waals surface area contributed by atoms with Gasteiger partial charge in [0, 0.05) is 18.7 Å². The zero-order valence-corrected chi connectivity index (χ0v) is 12.1. The molecule has 1 N–H and O–H groups in total. The second-order valence-corrected chi connectivity index (χ2v) is 6.74. The highest BCUT2D eigenvalue weighted by molar-refractivity contribution is 5.90. The van der Waals surface area contributed by atoms with E-state index in [1.165, 1.54) is 6.20 Å². The zero-order chi connectivity index (χ0) is 14.5. The Morgan fingerprint density at radius 2 is 2.15 bits per heavy atom.